The van der Waals surface area contributed by atoms with Crippen LogP contribution in [0.1, 0.15) is 30.0 Å². The molecule has 0 aliphatic carbocycles. The molecule has 1 saturated heterocycles. The summed E-state index contributed by atoms with van der Waals surface area (Å²) in [7, 11) is -1.92. The van der Waals surface area contributed by atoms with Crippen molar-refractivity contribution < 1.29 is 13.2 Å². The molecule has 0 unspecified atom stereocenters. The number of rotatable bonds is 4. The molecule has 0 amide bonds. The molecule has 1 aliphatic rings. The first-order chi connectivity index (χ1) is 13.5. The first-order valence-electron chi connectivity index (χ1n) is 9.35. The predicted molar refractivity (Wildman–Crippen MR) is 108 cm³/mol. The molecule has 0 atom stereocenters. The first-order valence-corrected chi connectivity index (χ1v) is 10.8. The second-order valence-electron chi connectivity index (χ2n) is 7.10. The number of pyridine rings is 2. The molecule has 7 heteroatoms. The number of benzene rings is 1. The van der Waals surface area contributed by atoms with Gasteiger partial charge in [0.15, 0.2) is 5.65 Å². The second-order valence-corrected chi connectivity index (χ2v) is 9.03. The quantitative estimate of drug-likeness (QED) is 0.674. The number of aromatic nitrogens is 2. The lowest BCUT2D eigenvalue weighted by molar-refractivity contribution is 0.317. The van der Waals surface area contributed by atoms with Crippen molar-refractivity contribution in [2.75, 3.05) is 20.2 Å². The van der Waals surface area contributed by atoms with E-state index in [0.717, 1.165) is 35.1 Å². The molecule has 3 aromatic rings. The molecule has 0 bridgehead atoms. The van der Waals surface area contributed by atoms with Crippen molar-refractivity contribution in [3.05, 3.63) is 59.9 Å². The highest BCUT2D eigenvalue weighted by atomic mass is 32.2. The predicted octanol–water partition coefficient (Wildman–Crippen LogP) is 3.52. The summed E-state index contributed by atoms with van der Waals surface area (Å²) in [6.07, 6.45) is 3.24. The summed E-state index contributed by atoms with van der Waals surface area (Å²) < 4.78 is 32.8. The Labute approximate surface area is 165 Å². The van der Waals surface area contributed by atoms with Crippen LogP contribution in [0.3, 0.4) is 0 Å². The van der Waals surface area contributed by atoms with E-state index in [0.29, 0.717) is 23.7 Å². The zero-order valence-electron chi connectivity index (χ0n) is 16.0. The van der Waals surface area contributed by atoms with E-state index >= 15 is 0 Å². The maximum absolute atomic E-state index is 13.0. The van der Waals surface area contributed by atoms with Gasteiger partial charge in [-0.05, 0) is 67.8 Å². The third-order valence-electron chi connectivity index (χ3n) is 5.36. The molecule has 0 spiro atoms. The van der Waals surface area contributed by atoms with Gasteiger partial charge in [0.25, 0.3) is 0 Å². The van der Waals surface area contributed by atoms with Crippen LogP contribution in [0.4, 0.5) is 0 Å². The van der Waals surface area contributed by atoms with Crippen LogP contribution in [-0.4, -0.2) is 42.9 Å². The summed E-state index contributed by atoms with van der Waals surface area (Å²) in [5.41, 5.74) is 2.54. The van der Waals surface area contributed by atoms with Crippen LogP contribution in [0.2, 0.25) is 0 Å². The van der Waals surface area contributed by atoms with Crippen molar-refractivity contribution in [3.8, 4) is 5.75 Å². The van der Waals surface area contributed by atoms with Crippen molar-refractivity contribution in [1.82, 2.24) is 14.3 Å². The normalized spacial score (nSPS) is 16.4. The highest BCUT2D eigenvalue weighted by molar-refractivity contribution is 7.89. The summed E-state index contributed by atoms with van der Waals surface area (Å²) in [4.78, 5) is 9.32. The van der Waals surface area contributed by atoms with Gasteiger partial charge in [-0.15, -0.1) is 0 Å². The third kappa shape index (κ3) is 3.47. The molecule has 28 heavy (non-hydrogen) atoms. The Morgan fingerprint density at radius 2 is 1.89 bits per heavy atom. The summed E-state index contributed by atoms with van der Waals surface area (Å²) in [6.45, 7) is 2.82. The fraction of sp³-hybridized carbons (Fsp3) is 0.333. The topological polar surface area (TPSA) is 72.4 Å². The van der Waals surface area contributed by atoms with E-state index in [4.69, 9.17) is 4.74 Å². The Hall–Kier alpha value is -2.51. The molecule has 3 heterocycles. The Kier molecular flexibility index (Phi) is 5.03. The highest BCUT2D eigenvalue weighted by Gasteiger charge is 2.30. The number of hydrogen-bond acceptors (Lipinski definition) is 5. The molecular weight excluding hydrogens is 374 g/mol. The van der Waals surface area contributed by atoms with Crippen LogP contribution in [-0.2, 0) is 10.0 Å². The Balaban J connectivity index is 1.50. The maximum Gasteiger partial charge on any atom is 0.243 e. The summed E-state index contributed by atoms with van der Waals surface area (Å²) in [5, 5.41) is 1.01. The van der Waals surface area contributed by atoms with Crippen molar-refractivity contribution in [3.63, 3.8) is 0 Å². The van der Waals surface area contributed by atoms with Crippen LogP contribution in [0.25, 0.3) is 11.0 Å². The molecule has 0 saturated carbocycles. The number of piperidine rings is 1. The number of hydrogen-bond donors (Lipinski definition) is 0. The average molecular weight is 398 g/mol. The fourth-order valence-electron chi connectivity index (χ4n) is 3.75. The van der Waals surface area contributed by atoms with Crippen LogP contribution in [0.15, 0.2) is 53.6 Å². The van der Waals surface area contributed by atoms with E-state index in [9.17, 15) is 8.42 Å². The second kappa shape index (κ2) is 7.48. The van der Waals surface area contributed by atoms with Gasteiger partial charge < -0.3 is 4.74 Å². The van der Waals surface area contributed by atoms with Crippen LogP contribution < -0.4 is 4.74 Å². The molecule has 6 nitrogen and oxygen atoms in total. The van der Waals surface area contributed by atoms with Crippen LogP contribution >= 0.6 is 0 Å². The molecular formula is C21H23N3O3S. The lowest BCUT2D eigenvalue weighted by atomic mass is 9.94. The van der Waals surface area contributed by atoms with Gasteiger partial charge in [-0.2, -0.15) is 4.31 Å². The molecule has 0 radical (unpaired) electrons. The molecule has 0 N–H and O–H groups in total. The van der Waals surface area contributed by atoms with Crippen molar-refractivity contribution in [2.45, 2.75) is 30.6 Å². The Morgan fingerprint density at radius 3 is 2.61 bits per heavy atom. The van der Waals surface area contributed by atoms with Gasteiger partial charge in [-0.25, -0.2) is 18.4 Å². The number of ether oxygens (including phenoxy) is 1. The number of fused-ring (bicyclic) bond motifs is 1. The van der Waals surface area contributed by atoms with Crippen molar-refractivity contribution >= 4 is 21.1 Å². The number of aryl methyl sites for hydroxylation is 1. The van der Waals surface area contributed by atoms with Gasteiger partial charge in [-0.1, -0.05) is 0 Å². The SMILES string of the molecule is COc1ccc(S(=O)(=O)N2CCC(c3ccc4cccnc4n3)CC2)cc1C. The fourth-order valence-corrected chi connectivity index (χ4v) is 5.30. The summed E-state index contributed by atoms with van der Waals surface area (Å²) in [5.74, 6) is 0.934. The monoisotopic (exact) mass is 397 g/mol. The van der Waals surface area contributed by atoms with Gasteiger partial charge >= 0.3 is 0 Å². The zero-order valence-corrected chi connectivity index (χ0v) is 16.8. The molecule has 1 aliphatic heterocycles. The van der Waals surface area contributed by atoms with Crippen molar-refractivity contribution in [1.29, 1.82) is 0 Å². The van der Waals surface area contributed by atoms with E-state index in [1.807, 2.05) is 31.2 Å². The Morgan fingerprint density at radius 1 is 1.11 bits per heavy atom. The minimum atomic E-state index is -3.50. The average Bonchev–Trinajstić information content (AvgIpc) is 2.73. The molecule has 2 aromatic heterocycles. The lowest BCUT2D eigenvalue weighted by Crippen LogP contribution is -2.38. The minimum Gasteiger partial charge on any atom is -0.496 e. The third-order valence-corrected chi connectivity index (χ3v) is 7.26. The van der Waals surface area contributed by atoms with E-state index in [1.165, 1.54) is 0 Å². The van der Waals surface area contributed by atoms with Gasteiger partial charge in [0, 0.05) is 36.3 Å². The van der Waals surface area contributed by atoms with Gasteiger partial charge in [0.2, 0.25) is 10.0 Å². The van der Waals surface area contributed by atoms with E-state index in [-0.39, 0.29) is 5.92 Å². The van der Waals surface area contributed by atoms with Crippen molar-refractivity contribution in [2.24, 2.45) is 0 Å². The number of methoxy groups -OCH3 is 1. The van der Waals surface area contributed by atoms with E-state index < -0.39 is 10.0 Å². The van der Waals surface area contributed by atoms with Crippen LogP contribution in [0, 0.1) is 6.92 Å². The first kappa shape index (κ1) is 18.8. The molecule has 1 fully saturated rings. The molecule has 146 valence electrons. The standard InChI is InChI=1S/C21H23N3O3S/c1-15-14-18(6-8-20(15)27-2)28(25,26)24-12-9-16(10-13-24)19-7-5-17-4-3-11-22-21(17)23-19/h3-8,11,14,16H,9-10,12-13H2,1-2H3. The van der Waals surface area contributed by atoms with Gasteiger partial charge in [0.1, 0.15) is 5.75 Å². The lowest BCUT2D eigenvalue weighted by Gasteiger charge is -2.31. The smallest absolute Gasteiger partial charge is 0.243 e. The number of sulfonamides is 1. The van der Waals surface area contributed by atoms with Gasteiger partial charge in [-0.3, -0.25) is 0 Å². The molecule has 4 rings (SSSR count). The highest BCUT2D eigenvalue weighted by Crippen LogP contribution is 2.31. The number of nitrogens with zero attached hydrogens (tertiary/aromatic N) is 3. The molecule has 1 aromatic carbocycles. The Bertz CT molecular complexity index is 1110. The van der Waals surface area contributed by atoms with Crippen LogP contribution in [0.5, 0.6) is 5.75 Å². The summed E-state index contributed by atoms with van der Waals surface area (Å²) >= 11 is 0. The summed E-state index contributed by atoms with van der Waals surface area (Å²) in [6, 6.07) is 13.0. The zero-order chi connectivity index (χ0) is 19.7. The maximum atomic E-state index is 13.0. The van der Waals surface area contributed by atoms with E-state index in [2.05, 4.69) is 9.97 Å². The largest absolute Gasteiger partial charge is 0.496 e. The minimum absolute atomic E-state index is 0.246. The van der Waals surface area contributed by atoms with Gasteiger partial charge in [0.05, 0.1) is 12.0 Å². The van der Waals surface area contributed by atoms with E-state index in [1.54, 1.807) is 35.8 Å².